The molecule has 0 saturated carbocycles. The number of benzene rings is 1. The van der Waals surface area contributed by atoms with Crippen LogP contribution in [-0.2, 0) is 9.53 Å². The fourth-order valence-electron chi connectivity index (χ4n) is 2.91. The monoisotopic (exact) mass is 308 g/mol. The van der Waals surface area contributed by atoms with Crippen LogP contribution in [0, 0.1) is 11.7 Å². The third kappa shape index (κ3) is 2.52. The van der Waals surface area contributed by atoms with Gasteiger partial charge in [-0.2, -0.15) is 0 Å². The van der Waals surface area contributed by atoms with Crippen molar-refractivity contribution in [3.8, 4) is 5.75 Å². The molecule has 2 aliphatic rings. The fourth-order valence-corrected chi connectivity index (χ4v) is 2.91. The summed E-state index contributed by atoms with van der Waals surface area (Å²) in [5.41, 5.74) is -0.184. The van der Waals surface area contributed by atoms with Gasteiger partial charge in [-0.1, -0.05) is 0 Å². The molecule has 3 rings (SSSR count). The number of amides is 2. The molecule has 1 N–H and O–H groups in total. The SMILES string of the molecule is CN1C(=O)[C@H]2COC[C@@H]1CN(C(=O)c1cc(O)ccc1F)C2. The summed E-state index contributed by atoms with van der Waals surface area (Å²) in [6.45, 7) is 1.08. The summed E-state index contributed by atoms with van der Waals surface area (Å²) in [5, 5.41) is 9.47. The molecule has 2 fully saturated rings. The Hall–Kier alpha value is -2.15. The van der Waals surface area contributed by atoms with Crippen LogP contribution in [0.1, 0.15) is 10.4 Å². The second-order valence-electron chi connectivity index (χ2n) is 5.71. The third-order valence-corrected chi connectivity index (χ3v) is 4.21. The summed E-state index contributed by atoms with van der Waals surface area (Å²) in [5.74, 6) is -1.88. The molecule has 0 aliphatic carbocycles. The summed E-state index contributed by atoms with van der Waals surface area (Å²) in [6.07, 6.45) is 0. The third-order valence-electron chi connectivity index (χ3n) is 4.21. The van der Waals surface area contributed by atoms with Crippen LogP contribution in [0.15, 0.2) is 18.2 Å². The van der Waals surface area contributed by atoms with Crippen LogP contribution in [0.4, 0.5) is 4.39 Å². The molecule has 2 saturated heterocycles. The highest BCUT2D eigenvalue weighted by Crippen LogP contribution is 2.23. The quantitative estimate of drug-likeness (QED) is 0.818. The second kappa shape index (κ2) is 5.57. The zero-order chi connectivity index (χ0) is 15.9. The molecule has 6 nitrogen and oxygen atoms in total. The van der Waals surface area contributed by atoms with Crippen LogP contribution in [0.2, 0.25) is 0 Å². The molecule has 118 valence electrons. The van der Waals surface area contributed by atoms with Crippen molar-refractivity contribution in [3.05, 3.63) is 29.6 Å². The Labute approximate surface area is 127 Å². The average molecular weight is 308 g/mol. The Morgan fingerprint density at radius 2 is 2.14 bits per heavy atom. The zero-order valence-corrected chi connectivity index (χ0v) is 12.2. The summed E-state index contributed by atoms with van der Waals surface area (Å²) < 4.78 is 19.3. The highest BCUT2D eigenvalue weighted by molar-refractivity contribution is 5.95. The van der Waals surface area contributed by atoms with Gasteiger partial charge < -0.3 is 19.6 Å². The van der Waals surface area contributed by atoms with Crippen LogP contribution >= 0.6 is 0 Å². The Morgan fingerprint density at radius 3 is 2.91 bits per heavy atom. The number of phenolic OH excluding ortho intramolecular Hbond substituents is 1. The van der Waals surface area contributed by atoms with Crippen molar-refractivity contribution in [1.29, 1.82) is 0 Å². The number of halogens is 1. The van der Waals surface area contributed by atoms with Crippen molar-refractivity contribution in [2.75, 3.05) is 33.4 Å². The molecule has 1 aromatic rings. The number of rotatable bonds is 1. The van der Waals surface area contributed by atoms with E-state index in [9.17, 15) is 19.1 Å². The number of phenols is 1. The number of likely N-dealkylation sites (N-methyl/N-ethyl adjacent to an activating group) is 1. The maximum absolute atomic E-state index is 13.9. The van der Waals surface area contributed by atoms with Gasteiger partial charge in [0.05, 0.1) is 30.7 Å². The first-order valence-electron chi connectivity index (χ1n) is 7.09. The highest BCUT2D eigenvalue weighted by Gasteiger charge is 2.39. The summed E-state index contributed by atoms with van der Waals surface area (Å²) in [4.78, 5) is 27.9. The van der Waals surface area contributed by atoms with Gasteiger partial charge in [0, 0.05) is 20.1 Å². The minimum atomic E-state index is -0.687. The van der Waals surface area contributed by atoms with Crippen LogP contribution in [-0.4, -0.2) is 66.1 Å². The number of hydrogen-bond acceptors (Lipinski definition) is 4. The van der Waals surface area contributed by atoms with Crippen molar-refractivity contribution in [3.63, 3.8) is 0 Å². The van der Waals surface area contributed by atoms with E-state index in [1.54, 1.807) is 11.9 Å². The van der Waals surface area contributed by atoms with Crippen molar-refractivity contribution in [1.82, 2.24) is 9.80 Å². The first kappa shape index (κ1) is 14.8. The number of hydrogen-bond donors (Lipinski definition) is 1. The van der Waals surface area contributed by atoms with Gasteiger partial charge in [0.1, 0.15) is 11.6 Å². The van der Waals surface area contributed by atoms with E-state index in [2.05, 4.69) is 0 Å². The van der Waals surface area contributed by atoms with Crippen molar-refractivity contribution < 1.29 is 23.8 Å². The Balaban J connectivity index is 1.90. The number of carbonyl (C=O) groups is 2. The van der Waals surface area contributed by atoms with Crippen LogP contribution in [0.5, 0.6) is 5.75 Å². The Morgan fingerprint density at radius 1 is 1.36 bits per heavy atom. The average Bonchev–Trinajstić information content (AvgIpc) is 2.67. The molecule has 0 unspecified atom stereocenters. The Kier molecular flexibility index (Phi) is 3.74. The van der Waals surface area contributed by atoms with E-state index >= 15 is 0 Å². The zero-order valence-electron chi connectivity index (χ0n) is 12.2. The van der Waals surface area contributed by atoms with Gasteiger partial charge in [0.25, 0.3) is 5.91 Å². The lowest BCUT2D eigenvalue weighted by Crippen LogP contribution is -2.45. The van der Waals surface area contributed by atoms with Gasteiger partial charge in [0.15, 0.2) is 0 Å². The van der Waals surface area contributed by atoms with Gasteiger partial charge >= 0.3 is 0 Å². The maximum atomic E-state index is 13.9. The van der Waals surface area contributed by atoms with Gasteiger partial charge in [-0.3, -0.25) is 9.59 Å². The molecule has 2 heterocycles. The van der Waals surface area contributed by atoms with E-state index in [1.165, 1.54) is 11.0 Å². The number of carbonyl (C=O) groups excluding carboxylic acids is 2. The summed E-state index contributed by atoms with van der Waals surface area (Å²) in [6, 6.07) is 3.11. The standard InChI is InChI=1S/C15H17FN2O4/c1-17-10-6-18(5-9(14(17)20)7-22-8-10)15(21)12-4-11(19)2-3-13(12)16/h2-4,9-10,19H,5-8H2,1H3/t9-,10+/m1/s1. The predicted octanol–water partition coefficient (Wildman–Crippen LogP) is 0.460. The molecule has 0 spiro atoms. The topological polar surface area (TPSA) is 70.1 Å². The molecule has 2 atom stereocenters. The Bertz CT molecular complexity index is 622. The lowest BCUT2D eigenvalue weighted by molar-refractivity contribution is -0.133. The number of ether oxygens (including phenoxy) is 1. The minimum absolute atomic E-state index is 0.0609. The highest BCUT2D eigenvalue weighted by atomic mass is 19.1. The van der Waals surface area contributed by atoms with E-state index in [4.69, 9.17) is 4.74 Å². The van der Waals surface area contributed by atoms with Crippen molar-refractivity contribution >= 4 is 11.8 Å². The number of aromatic hydroxyl groups is 1. The lowest BCUT2D eigenvalue weighted by Gasteiger charge is -2.29. The molecule has 2 aliphatic heterocycles. The van der Waals surface area contributed by atoms with Gasteiger partial charge in [0.2, 0.25) is 5.91 Å². The molecule has 22 heavy (non-hydrogen) atoms. The maximum Gasteiger partial charge on any atom is 0.257 e. The van der Waals surface area contributed by atoms with E-state index < -0.39 is 17.6 Å². The van der Waals surface area contributed by atoms with E-state index in [0.29, 0.717) is 6.61 Å². The second-order valence-corrected chi connectivity index (χ2v) is 5.71. The van der Waals surface area contributed by atoms with E-state index in [-0.39, 0.29) is 43.0 Å². The first-order valence-corrected chi connectivity index (χ1v) is 7.09. The van der Waals surface area contributed by atoms with E-state index in [1.807, 2.05) is 0 Å². The first-order chi connectivity index (χ1) is 10.5. The van der Waals surface area contributed by atoms with Gasteiger partial charge in [-0.25, -0.2) is 4.39 Å². The van der Waals surface area contributed by atoms with Crippen LogP contribution in [0.25, 0.3) is 0 Å². The minimum Gasteiger partial charge on any atom is -0.508 e. The van der Waals surface area contributed by atoms with Crippen LogP contribution in [0.3, 0.4) is 0 Å². The summed E-state index contributed by atoms with van der Waals surface area (Å²) >= 11 is 0. The number of nitrogens with zero attached hydrogens (tertiary/aromatic N) is 2. The predicted molar refractivity (Wildman–Crippen MR) is 74.8 cm³/mol. The summed E-state index contributed by atoms with van der Waals surface area (Å²) in [7, 11) is 1.69. The van der Waals surface area contributed by atoms with Gasteiger partial charge in [-0.05, 0) is 18.2 Å². The fraction of sp³-hybridized carbons (Fsp3) is 0.467. The van der Waals surface area contributed by atoms with E-state index in [0.717, 1.165) is 12.1 Å². The van der Waals surface area contributed by atoms with Crippen LogP contribution < -0.4 is 0 Å². The molecule has 7 heteroatoms. The van der Waals surface area contributed by atoms with Crippen molar-refractivity contribution in [2.24, 2.45) is 5.92 Å². The molecule has 2 amide bonds. The smallest absolute Gasteiger partial charge is 0.257 e. The molecular formula is C15H17FN2O4. The molecule has 0 aromatic heterocycles. The molecular weight excluding hydrogens is 291 g/mol. The lowest BCUT2D eigenvalue weighted by atomic mass is 10.1. The normalized spacial score (nSPS) is 25.1. The molecule has 0 radical (unpaired) electrons. The van der Waals surface area contributed by atoms with Crippen molar-refractivity contribution in [2.45, 2.75) is 6.04 Å². The van der Waals surface area contributed by atoms with Gasteiger partial charge in [-0.15, -0.1) is 0 Å². The molecule has 2 bridgehead atoms. The largest absolute Gasteiger partial charge is 0.508 e. The number of fused-ring (bicyclic) bond motifs is 3. The molecule has 1 aromatic carbocycles.